The first-order chi connectivity index (χ1) is 21.5. The monoisotopic (exact) mass is 603 g/mol. The molecule has 2 heterocycles. The highest BCUT2D eigenvalue weighted by Crippen LogP contribution is 2.23. The van der Waals surface area contributed by atoms with Crippen molar-refractivity contribution in [2.45, 2.75) is 66.2 Å². The number of fused-ring (bicyclic) bond motifs is 1. The second-order valence-corrected chi connectivity index (χ2v) is 12.5. The first kappa shape index (κ1) is 31.4. The van der Waals surface area contributed by atoms with Crippen LogP contribution in [0.4, 0.5) is 4.79 Å². The number of carbonyl (C=O) groups is 2. The second kappa shape index (κ2) is 13.3. The maximum Gasteiger partial charge on any atom is 0.437 e. The Morgan fingerprint density at radius 2 is 1.47 bits per heavy atom. The van der Waals surface area contributed by atoms with Gasteiger partial charge in [-0.05, 0) is 82.9 Å². The number of imidazole rings is 1. The number of ether oxygens (including phenoxy) is 1. The highest BCUT2D eigenvalue weighted by molar-refractivity contribution is 5.93. The Morgan fingerprint density at radius 3 is 2.09 bits per heavy atom. The summed E-state index contributed by atoms with van der Waals surface area (Å²) in [6, 6.07) is 28.1. The Morgan fingerprint density at radius 1 is 0.844 bits per heavy atom. The molecule has 0 aliphatic rings. The van der Waals surface area contributed by atoms with Crippen molar-refractivity contribution in [1.29, 1.82) is 0 Å². The highest BCUT2D eigenvalue weighted by Gasteiger charge is 2.24. The minimum atomic E-state index is -0.713. The van der Waals surface area contributed by atoms with Gasteiger partial charge in [0.25, 0.3) is 5.91 Å². The van der Waals surface area contributed by atoms with Crippen LogP contribution in [-0.2, 0) is 17.7 Å². The molecular weight excluding hydrogens is 562 g/mol. The van der Waals surface area contributed by atoms with E-state index < -0.39 is 11.7 Å². The largest absolute Gasteiger partial charge is 0.442 e. The Labute approximate surface area is 264 Å². The third kappa shape index (κ3) is 7.76. The van der Waals surface area contributed by atoms with Gasteiger partial charge in [0.2, 0.25) is 5.62 Å². The summed E-state index contributed by atoms with van der Waals surface area (Å²) >= 11 is 0. The SMILES string of the molecule is Cc1ccc(C[C@@H](CNC(=O)c2ncccc2C)n2c(=NC(=O)OC(C)(C)C)n(Cc3ccc(C)cc3)c3ccccc32)cc1. The number of hydrogen-bond donors (Lipinski definition) is 1. The summed E-state index contributed by atoms with van der Waals surface area (Å²) in [5.74, 6) is -0.253. The first-order valence-electron chi connectivity index (χ1n) is 15.3. The van der Waals surface area contributed by atoms with Crippen molar-refractivity contribution in [3.63, 3.8) is 0 Å². The van der Waals surface area contributed by atoms with E-state index >= 15 is 0 Å². The van der Waals surface area contributed by atoms with Crippen molar-refractivity contribution in [1.82, 2.24) is 19.4 Å². The second-order valence-electron chi connectivity index (χ2n) is 12.5. The molecule has 0 bridgehead atoms. The maximum absolute atomic E-state index is 13.4. The normalized spacial score (nSPS) is 12.7. The van der Waals surface area contributed by atoms with E-state index in [9.17, 15) is 9.59 Å². The fraction of sp³-hybridized carbons (Fsp3) is 0.297. The van der Waals surface area contributed by atoms with Gasteiger partial charge < -0.3 is 19.2 Å². The van der Waals surface area contributed by atoms with Gasteiger partial charge in [-0.3, -0.25) is 9.78 Å². The summed E-state index contributed by atoms with van der Waals surface area (Å²) < 4.78 is 9.80. The van der Waals surface area contributed by atoms with Gasteiger partial charge in [0.15, 0.2) is 0 Å². The molecule has 2 aromatic heterocycles. The molecule has 8 heteroatoms. The van der Waals surface area contributed by atoms with E-state index in [4.69, 9.17) is 4.74 Å². The zero-order valence-electron chi connectivity index (χ0n) is 26.9. The summed E-state index contributed by atoms with van der Waals surface area (Å²) in [6.07, 6.45) is 1.53. The number of pyridine rings is 1. The quantitative estimate of drug-likeness (QED) is 0.210. The van der Waals surface area contributed by atoms with E-state index in [-0.39, 0.29) is 18.5 Å². The number of benzene rings is 3. The zero-order valence-corrected chi connectivity index (χ0v) is 26.9. The molecule has 5 aromatic rings. The Balaban J connectivity index is 1.68. The zero-order chi connectivity index (χ0) is 32.1. The van der Waals surface area contributed by atoms with Crippen molar-refractivity contribution in [2.24, 2.45) is 4.99 Å². The van der Waals surface area contributed by atoms with Gasteiger partial charge in [-0.2, -0.15) is 0 Å². The number of aromatic nitrogens is 3. The third-order valence-electron chi connectivity index (χ3n) is 7.61. The van der Waals surface area contributed by atoms with Gasteiger partial charge in [0, 0.05) is 12.7 Å². The van der Waals surface area contributed by atoms with Crippen molar-refractivity contribution in [3.05, 3.63) is 130 Å². The lowest BCUT2D eigenvalue weighted by Gasteiger charge is -2.22. The van der Waals surface area contributed by atoms with Crippen molar-refractivity contribution < 1.29 is 14.3 Å². The number of carbonyl (C=O) groups excluding carboxylic acids is 2. The molecule has 0 aliphatic carbocycles. The Hall–Kier alpha value is -4.98. The molecule has 0 unspecified atom stereocenters. The molecule has 8 nitrogen and oxygen atoms in total. The predicted molar refractivity (Wildman–Crippen MR) is 177 cm³/mol. The van der Waals surface area contributed by atoms with Crippen LogP contribution in [-0.4, -0.2) is 38.3 Å². The third-order valence-corrected chi connectivity index (χ3v) is 7.61. The lowest BCUT2D eigenvalue weighted by molar-refractivity contribution is 0.0592. The molecule has 5 rings (SSSR count). The van der Waals surface area contributed by atoms with Crippen molar-refractivity contribution in [2.75, 3.05) is 6.54 Å². The standard InChI is InChI=1S/C37H41N5O3/c1-25-13-17-28(18-14-25)22-30(23-39-34(43)33-27(3)10-9-21-38-33)42-32-12-8-7-11-31(32)41(24-29-19-15-26(2)16-20-29)35(42)40-36(44)45-37(4,5)6/h7-21,30H,22-24H2,1-6H3,(H,39,43)/t30-/m0/s1. The van der Waals surface area contributed by atoms with Gasteiger partial charge in [-0.25, -0.2) is 4.79 Å². The van der Waals surface area contributed by atoms with E-state index in [1.165, 1.54) is 5.56 Å². The molecule has 3 aromatic carbocycles. The molecule has 0 spiro atoms. The van der Waals surface area contributed by atoms with Gasteiger partial charge in [0.05, 0.1) is 23.6 Å². The fourth-order valence-corrected chi connectivity index (χ4v) is 5.38. The van der Waals surface area contributed by atoms with Gasteiger partial charge in [-0.1, -0.05) is 77.9 Å². The molecule has 1 N–H and O–H groups in total. The molecule has 45 heavy (non-hydrogen) atoms. The minimum absolute atomic E-state index is 0.253. The number of amides is 2. The molecule has 0 fully saturated rings. The number of hydrogen-bond acceptors (Lipinski definition) is 4. The van der Waals surface area contributed by atoms with E-state index in [0.29, 0.717) is 24.3 Å². The van der Waals surface area contributed by atoms with E-state index in [1.807, 2.05) is 64.1 Å². The van der Waals surface area contributed by atoms with Gasteiger partial charge >= 0.3 is 6.09 Å². The molecule has 2 amide bonds. The smallest absolute Gasteiger partial charge is 0.437 e. The summed E-state index contributed by atoms with van der Waals surface area (Å²) in [4.78, 5) is 35.6. The predicted octanol–water partition coefficient (Wildman–Crippen LogP) is 6.86. The maximum atomic E-state index is 13.4. The Bertz CT molecular complexity index is 1880. The summed E-state index contributed by atoms with van der Waals surface area (Å²) in [7, 11) is 0. The average molecular weight is 604 g/mol. The minimum Gasteiger partial charge on any atom is -0.442 e. The number of aryl methyl sites for hydroxylation is 3. The van der Waals surface area contributed by atoms with Crippen LogP contribution in [0, 0.1) is 20.8 Å². The van der Waals surface area contributed by atoms with E-state index in [0.717, 1.165) is 33.3 Å². The molecular formula is C37H41N5O3. The molecule has 0 saturated heterocycles. The van der Waals surface area contributed by atoms with Crippen LogP contribution >= 0.6 is 0 Å². The lowest BCUT2D eigenvalue weighted by Crippen LogP contribution is -2.38. The van der Waals surface area contributed by atoms with Crippen molar-refractivity contribution in [3.8, 4) is 0 Å². The molecule has 232 valence electrons. The summed E-state index contributed by atoms with van der Waals surface area (Å²) in [6.45, 7) is 12.2. The topological polar surface area (TPSA) is 90.5 Å². The van der Waals surface area contributed by atoms with Crippen LogP contribution in [0.3, 0.4) is 0 Å². The summed E-state index contributed by atoms with van der Waals surface area (Å²) in [5, 5.41) is 3.13. The fourth-order valence-electron chi connectivity index (χ4n) is 5.38. The molecule has 0 radical (unpaired) electrons. The summed E-state index contributed by atoms with van der Waals surface area (Å²) in [5.41, 5.74) is 7.24. The molecule has 0 aliphatic heterocycles. The van der Waals surface area contributed by atoms with Crippen LogP contribution in [0.15, 0.2) is 96.1 Å². The molecule has 0 saturated carbocycles. The van der Waals surface area contributed by atoms with Crippen LogP contribution in [0.1, 0.15) is 65.1 Å². The highest BCUT2D eigenvalue weighted by atomic mass is 16.6. The van der Waals surface area contributed by atoms with Crippen molar-refractivity contribution >= 4 is 23.0 Å². The average Bonchev–Trinajstić information content (AvgIpc) is 3.28. The van der Waals surface area contributed by atoms with Gasteiger partial charge in [-0.15, -0.1) is 4.99 Å². The van der Waals surface area contributed by atoms with E-state index in [2.05, 4.69) is 86.8 Å². The lowest BCUT2D eigenvalue weighted by atomic mass is 10.0. The number of nitrogens with one attached hydrogen (secondary N) is 1. The van der Waals surface area contributed by atoms with Crippen LogP contribution in [0.2, 0.25) is 0 Å². The Kier molecular flexibility index (Phi) is 9.32. The number of nitrogens with zero attached hydrogens (tertiary/aromatic N) is 4. The number of rotatable bonds is 8. The first-order valence-corrected chi connectivity index (χ1v) is 15.3. The van der Waals surface area contributed by atoms with E-state index in [1.54, 1.807) is 6.20 Å². The number of para-hydroxylation sites is 2. The van der Waals surface area contributed by atoms with Gasteiger partial charge in [0.1, 0.15) is 11.3 Å². The van der Waals surface area contributed by atoms with Crippen LogP contribution < -0.4 is 10.9 Å². The van der Waals surface area contributed by atoms with Crippen LogP contribution in [0.5, 0.6) is 0 Å². The van der Waals surface area contributed by atoms with Crippen LogP contribution in [0.25, 0.3) is 11.0 Å². The molecule has 1 atom stereocenters.